The van der Waals surface area contributed by atoms with Crippen LogP contribution in [0.3, 0.4) is 0 Å². The molecule has 0 aromatic heterocycles. The molecular formula is C10H19NO3S. The molecule has 1 unspecified atom stereocenters. The largest absolute Gasteiger partial charge is 0.469 e. The molecule has 1 atom stereocenters. The molecule has 15 heavy (non-hydrogen) atoms. The second kappa shape index (κ2) is 7.56. The predicted molar refractivity (Wildman–Crippen MR) is 62.0 cm³/mol. The van der Waals surface area contributed by atoms with Crippen LogP contribution < -0.4 is 0 Å². The van der Waals surface area contributed by atoms with Gasteiger partial charge < -0.3 is 9.64 Å². The Balaban J connectivity index is 3.94. The van der Waals surface area contributed by atoms with Crippen molar-refractivity contribution in [2.75, 3.05) is 26.0 Å². The Morgan fingerprint density at radius 2 is 1.87 bits per heavy atom. The van der Waals surface area contributed by atoms with Crippen LogP contribution in [0.1, 0.15) is 20.8 Å². The molecule has 0 spiro atoms. The minimum atomic E-state index is -0.269. The number of amides is 1. The number of thioether (sulfide) groups is 1. The van der Waals surface area contributed by atoms with Crippen molar-refractivity contribution in [3.8, 4) is 0 Å². The van der Waals surface area contributed by atoms with Gasteiger partial charge in [-0.2, -0.15) is 0 Å². The molecule has 0 heterocycles. The lowest BCUT2D eigenvalue weighted by Gasteiger charge is -2.18. The number of carbonyl (C=O) groups is 2. The number of carbonyl (C=O) groups excluding carboxylic acids is 2. The van der Waals surface area contributed by atoms with E-state index in [0.717, 1.165) is 0 Å². The average Bonchev–Trinajstić information content (AvgIpc) is 2.26. The van der Waals surface area contributed by atoms with E-state index in [-0.39, 0.29) is 17.1 Å². The van der Waals surface area contributed by atoms with Crippen LogP contribution in [-0.2, 0) is 9.53 Å². The molecule has 0 bridgehead atoms. The predicted octanol–water partition coefficient (Wildman–Crippen LogP) is 1.99. The molecule has 0 fully saturated rings. The zero-order valence-electron chi connectivity index (χ0n) is 9.78. The molecule has 0 aromatic rings. The molecule has 0 saturated carbocycles. The van der Waals surface area contributed by atoms with Crippen molar-refractivity contribution in [3.63, 3.8) is 0 Å². The van der Waals surface area contributed by atoms with E-state index in [1.54, 1.807) is 11.8 Å². The van der Waals surface area contributed by atoms with Gasteiger partial charge in [-0.25, -0.2) is 0 Å². The van der Waals surface area contributed by atoms with Crippen molar-refractivity contribution in [1.29, 1.82) is 0 Å². The lowest BCUT2D eigenvalue weighted by atomic mass is 10.2. The summed E-state index contributed by atoms with van der Waals surface area (Å²) in [5, 5.41) is 0.0238. The van der Waals surface area contributed by atoms with Gasteiger partial charge in [0.1, 0.15) is 0 Å². The van der Waals surface area contributed by atoms with Crippen molar-refractivity contribution in [1.82, 2.24) is 4.90 Å². The highest BCUT2D eigenvalue weighted by molar-refractivity contribution is 8.13. The molecule has 0 aliphatic carbocycles. The number of hydrogen-bond donors (Lipinski definition) is 0. The Bertz CT molecular complexity index is 217. The molecule has 1 amide bonds. The smallest absolute Gasteiger partial charge is 0.309 e. The van der Waals surface area contributed by atoms with Crippen molar-refractivity contribution < 1.29 is 14.3 Å². The Hall–Kier alpha value is -0.710. The lowest BCUT2D eigenvalue weighted by molar-refractivity contribution is -0.143. The van der Waals surface area contributed by atoms with Crippen LogP contribution in [0.5, 0.6) is 0 Å². The highest BCUT2D eigenvalue weighted by Crippen LogP contribution is 2.14. The van der Waals surface area contributed by atoms with E-state index < -0.39 is 0 Å². The van der Waals surface area contributed by atoms with Crippen LogP contribution in [0.25, 0.3) is 0 Å². The molecule has 5 heteroatoms. The number of esters is 1. The van der Waals surface area contributed by atoms with Gasteiger partial charge in [0.15, 0.2) is 0 Å². The van der Waals surface area contributed by atoms with E-state index in [1.165, 1.54) is 18.9 Å². The van der Waals surface area contributed by atoms with Crippen LogP contribution in [0.2, 0.25) is 0 Å². The van der Waals surface area contributed by atoms with Crippen LogP contribution in [0.4, 0.5) is 4.79 Å². The Morgan fingerprint density at radius 3 is 2.27 bits per heavy atom. The average molecular weight is 233 g/mol. The molecule has 0 aliphatic rings. The summed E-state index contributed by atoms with van der Waals surface area (Å²) in [5.74, 6) is -0.0310. The maximum Gasteiger partial charge on any atom is 0.309 e. The standard InChI is InChI=1S/C10H19NO3S/c1-5-11(6-2)10(13)15-7-8(3)9(12)14-4/h8H,5-7H2,1-4H3. The summed E-state index contributed by atoms with van der Waals surface area (Å²) in [5.41, 5.74) is 0. The Morgan fingerprint density at radius 1 is 1.33 bits per heavy atom. The van der Waals surface area contributed by atoms with Gasteiger partial charge in [-0.1, -0.05) is 18.7 Å². The molecule has 0 rings (SSSR count). The van der Waals surface area contributed by atoms with Gasteiger partial charge in [0.25, 0.3) is 5.24 Å². The summed E-state index contributed by atoms with van der Waals surface area (Å²) in [6.07, 6.45) is 0. The van der Waals surface area contributed by atoms with Crippen molar-refractivity contribution in [2.45, 2.75) is 20.8 Å². The molecule has 0 radical (unpaired) electrons. The monoisotopic (exact) mass is 233 g/mol. The molecule has 0 saturated heterocycles. The highest BCUT2D eigenvalue weighted by atomic mass is 32.2. The topological polar surface area (TPSA) is 46.6 Å². The van der Waals surface area contributed by atoms with Crippen molar-refractivity contribution in [2.24, 2.45) is 5.92 Å². The zero-order valence-corrected chi connectivity index (χ0v) is 10.6. The molecule has 0 aliphatic heterocycles. The van der Waals surface area contributed by atoms with E-state index in [0.29, 0.717) is 18.8 Å². The van der Waals surface area contributed by atoms with E-state index in [4.69, 9.17) is 0 Å². The van der Waals surface area contributed by atoms with Crippen LogP contribution in [0.15, 0.2) is 0 Å². The van der Waals surface area contributed by atoms with Gasteiger partial charge in [-0.05, 0) is 13.8 Å². The van der Waals surface area contributed by atoms with E-state index >= 15 is 0 Å². The minimum Gasteiger partial charge on any atom is -0.469 e. The number of nitrogens with zero attached hydrogens (tertiary/aromatic N) is 1. The minimum absolute atomic E-state index is 0.0238. The Kier molecular flexibility index (Phi) is 7.21. The van der Waals surface area contributed by atoms with Gasteiger partial charge >= 0.3 is 5.97 Å². The third-order valence-corrected chi connectivity index (χ3v) is 3.25. The van der Waals surface area contributed by atoms with E-state index in [1.807, 2.05) is 13.8 Å². The maximum absolute atomic E-state index is 11.6. The number of rotatable bonds is 5. The number of ether oxygens (including phenoxy) is 1. The summed E-state index contributed by atoms with van der Waals surface area (Å²) in [6, 6.07) is 0. The first-order valence-electron chi connectivity index (χ1n) is 5.06. The van der Waals surface area contributed by atoms with Gasteiger partial charge in [0.05, 0.1) is 13.0 Å². The third kappa shape index (κ3) is 5.06. The summed E-state index contributed by atoms with van der Waals surface area (Å²) in [7, 11) is 1.36. The second-order valence-corrected chi connectivity index (χ2v) is 4.14. The fourth-order valence-electron chi connectivity index (χ4n) is 1.04. The highest BCUT2D eigenvalue weighted by Gasteiger charge is 2.17. The van der Waals surface area contributed by atoms with Crippen molar-refractivity contribution >= 4 is 23.0 Å². The van der Waals surface area contributed by atoms with Crippen molar-refractivity contribution in [3.05, 3.63) is 0 Å². The molecule has 0 N–H and O–H groups in total. The molecule has 4 nitrogen and oxygen atoms in total. The van der Waals surface area contributed by atoms with Crippen LogP contribution in [0, 0.1) is 5.92 Å². The first-order chi connectivity index (χ1) is 7.06. The second-order valence-electron chi connectivity index (χ2n) is 3.17. The fourth-order valence-corrected chi connectivity index (χ4v) is 2.01. The summed E-state index contributed by atoms with van der Waals surface area (Å²) in [4.78, 5) is 24.4. The Labute approximate surface area is 95.3 Å². The van der Waals surface area contributed by atoms with Gasteiger partial charge in [0.2, 0.25) is 0 Å². The number of hydrogen-bond acceptors (Lipinski definition) is 4. The summed E-state index contributed by atoms with van der Waals surface area (Å²) < 4.78 is 4.58. The molecule has 88 valence electrons. The van der Waals surface area contributed by atoms with Gasteiger partial charge in [0, 0.05) is 18.8 Å². The first-order valence-corrected chi connectivity index (χ1v) is 6.04. The third-order valence-electron chi connectivity index (χ3n) is 2.08. The van der Waals surface area contributed by atoms with Crippen LogP contribution in [-0.4, -0.2) is 42.1 Å². The molecule has 0 aromatic carbocycles. The van der Waals surface area contributed by atoms with Gasteiger partial charge in [-0.3, -0.25) is 9.59 Å². The van der Waals surface area contributed by atoms with E-state index in [9.17, 15) is 9.59 Å². The number of methoxy groups -OCH3 is 1. The SMILES string of the molecule is CCN(CC)C(=O)SCC(C)C(=O)OC. The first kappa shape index (κ1) is 14.3. The summed E-state index contributed by atoms with van der Waals surface area (Å²) in [6.45, 7) is 7.04. The van der Waals surface area contributed by atoms with E-state index in [2.05, 4.69) is 4.74 Å². The van der Waals surface area contributed by atoms with Gasteiger partial charge in [-0.15, -0.1) is 0 Å². The summed E-state index contributed by atoms with van der Waals surface area (Å²) >= 11 is 1.17. The zero-order chi connectivity index (χ0) is 11.8. The fraction of sp³-hybridized carbons (Fsp3) is 0.800. The maximum atomic E-state index is 11.6. The normalized spacial score (nSPS) is 12.0. The quantitative estimate of drug-likeness (QED) is 0.681. The van der Waals surface area contributed by atoms with Crippen LogP contribution >= 0.6 is 11.8 Å². The molecular weight excluding hydrogens is 214 g/mol. The lowest BCUT2D eigenvalue weighted by Crippen LogP contribution is -2.28.